The summed E-state index contributed by atoms with van der Waals surface area (Å²) >= 11 is 0. The predicted octanol–water partition coefficient (Wildman–Crippen LogP) is 3.91. The number of hydrogen-bond acceptors (Lipinski definition) is 2. The van der Waals surface area contributed by atoms with E-state index in [4.69, 9.17) is 5.11 Å². The number of allylic oxidation sites excluding steroid dienone is 1. The molecule has 0 bridgehead atoms. The first-order valence-electron chi connectivity index (χ1n) is 7.21. The standard InChI is InChI=1S/C15H28O3/c1-2-3-4-5-6-7-8-9-10-11-14(16)12-13-15(17)18/h9-10,14,16H,2-8,11-13H2,1H3,(H,17,18). The molecule has 106 valence electrons. The van der Waals surface area contributed by atoms with Gasteiger partial charge in [-0.3, -0.25) is 4.79 Å². The molecule has 0 aliphatic carbocycles. The van der Waals surface area contributed by atoms with Crippen LogP contribution in [-0.2, 0) is 4.79 Å². The van der Waals surface area contributed by atoms with Crippen LogP contribution in [0.5, 0.6) is 0 Å². The Labute approximate surface area is 111 Å². The highest BCUT2D eigenvalue weighted by molar-refractivity contribution is 5.66. The second kappa shape index (κ2) is 12.6. The molecule has 18 heavy (non-hydrogen) atoms. The number of rotatable bonds is 12. The summed E-state index contributed by atoms with van der Waals surface area (Å²) in [5.74, 6) is -0.842. The van der Waals surface area contributed by atoms with Crippen LogP contribution in [0.3, 0.4) is 0 Å². The molecule has 0 spiro atoms. The Morgan fingerprint density at radius 1 is 1.11 bits per heavy atom. The summed E-state index contributed by atoms with van der Waals surface area (Å²) in [4.78, 5) is 10.3. The molecular weight excluding hydrogens is 228 g/mol. The zero-order valence-electron chi connectivity index (χ0n) is 11.6. The van der Waals surface area contributed by atoms with Crippen LogP contribution >= 0.6 is 0 Å². The monoisotopic (exact) mass is 256 g/mol. The van der Waals surface area contributed by atoms with E-state index in [1.54, 1.807) is 0 Å². The number of carboxylic acids is 1. The van der Waals surface area contributed by atoms with Crippen molar-refractivity contribution in [3.63, 3.8) is 0 Å². The average Bonchev–Trinajstić information content (AvgIpc) is 2.34. The molecule has 3 nitrogen and oxygen atoms in total. The van der Waals surface area contributed by atoms with Crippen LogP contribution in [0.15, 0.2) is 12.2 Å². The molecule has 0 saturated carbocycles. The molecule has 0 aromatic heterocycles. The van der Waals surface area contributed by atoms with E-state index in [0.717, 1.165) is 6.42 Å². The Hall–Kier alpha value is -0.830. The second-order valence-corrected chi connectivity index (χ2v) is 4.85. The quantitative estimate of drug-likeness (QED) is 0.411. The average molecular weight is 256 g/mol. The van der Waals surface area contributed by atoms with Gasteiger partial charge in [0.15, 0.2) is 0 Å². The molecule has 1 unspecified atom stereocenters. The summed E-state index contributed by atoms with van der Waals surface area (Å²) in [6.45, 7) is 2.22. The first-order chi connectivity index (χ1) is 8.66. The lowest BCUT2D eigenvalue weighted by molar-refractivity contribution is -0.137. The molecule has 0 aromatic carbocycles. The maximum Gasteiger partial charge on any atom is 0.303 e. The number of carboxylic acid groups (broad SMARTS) is 1. The summed E-state index contributed by atoms with van der Waals surface area (Å²) in [6, 6.07) is 0. The summed E-state index contributed by atoms with van der Waals surface area (Å²) in [5.41, 5.74) is 0. The Morgan fingerprint density at radius 3 is 2.44 bits per heavy atom. The van der Waals surface area contributed by atoms with E-state index in [2.05, 4.69) is 13.0 Å². The Bertz CT molecular complexity index is 224. The van der Waals surface area contributed by atoms with Crippen molar-refractivity contribution in [2.24, 2.45) is 0 Å². The van der Waals surface area contributed by atoms with Gasteiger partial charge in [0, 0.05) is 6.42 Å². The molecular formula is C15H28O3. The van der Waals surface area contributed by atoms with Gasteiger partial charge in [0.1, 0.15) is 0 Å². The predicted molar refractivity (Wildman–Crippen MR) is 74.6 cm³/mol. The maximum absolute atomic E-state index is 10.3. The lowest BCUT2D eigenvalue weighted by atomic mass is 10.1. The third-order valence-electron chi connectivity index (χ3n) is 2.99. The molecule has 0 heterocycles. The largest absolute Gasteiger partial charge is 0.481 e. The smallest absolute Gasteiger partial charge is 0.303 e. The number of unbranched alkanes of at least 4 members (excludes halogenated alkanes) is 6. The van der Waals surface area contributed by atoms with Crippen molar-refractivity contribution in [3.05, 3.63) is 12.2 Å². The SMILES string of the molecule is CCCCCCCCC=CCC(O)CCC(=O)O. The minimum atomic E-state index is -0.842. The number of carbonyl (C=O) groups is 1. The number of aliphatic hydroxyl groups is 1. The number of hydrogen-bond donors (Lipinski definition) is 2. The van der Waals surface area contributed by atoms with Gasteiger partial charge < -0.3 is 10.2 Å². The van der Waals surface area contributed by atoms with E-state index < -0.39 is 12.1 Å². The van der Waals surface area contributed by atoms with Crippen molar-refractivity contribution in [3.8, 4) is 0 Å². The van der Waals surface area contributed by atoms with Crippen LogP contribution in [0.4, 0.5) is 0 Å². The summed E-state index contributed by atoms with van der Waals surface area (Å²) in [5, 5.41) is 17.9. The fourth-order valence-electron chi connectivity index (χ4n) is 1.82. The van der Waals surface area contributed by atoms with Gasteiger partial charge in [-0.25, -0.2) is 0 Å². The Balaban J connectivity index is 3.29. The first-order valence-corrected chi connectivity index (χ1v) is 7.21. The third kappa shape index (κ3) is 13.2. The van der Waals surface area contributed by atoms with E-state index >= 15 is 0 Å². The van der Waals surface area contributed by atoms with E-state index in [1.807, 2.05) is 6.08 Å². The summed E-state index contributed by atoms with van der Waals surface area (Å²) in [7, 11) is 0. The van der Waals surface area contributed by atoms with Crippen LogP contribution in [0.25, 0.3) is 0 Å². The molecule has 2 N–H and O–H groups in total. The van der Waals surface area contributed by atoms with Crippen molar-refractivity contribution in [2.75, 3.05) is 0 Å². The molecule has 0 aliphatic rings. The minimum absolute atomic E-state index is 0.0481. The second-order valence-electron chi connectivity index (χ2n) is 4.85. The molecule has 0 aliphatic heterocycles. The van der Waals surface area contributed by atoms with Crippen molar-refractivity contribution >= 4 is 5.97 Å². The normalized spacial score (nSPS) is 13.0. The Morgan fingerprint density at radius 2 is 1.78 bits per heavy atom. The lowest BCUT2D eigenvalue weighted by Crippen LogP contribution is -2.07. The molecule has 3 heteroatoms. The Kier molecular flexibility index (Phi) is 12.0. The van der Waals surface area contributed by atoms with Crippen molar-refractivity contribution in [1.82, 2.24) is 0 Å². The molecule has 0 fully saturated rings. The van der Waals surface area contributed by atoms with Gasteiger partial charge in [0.05, 0.1) is 6.10 Å². The van der Waals surface area contributed by atoms with Gasteiger partial charge in [-0.1, -0.05) is 51.2 Å². The molecule has 0 amide bonds. The fraction of sp³-hybridized carbons (Fsp3) is 0.800. The summed E-state index contributed by atoms with van der Waals surface area (Å²) < 4.78 is 0. The highest BCUT2D eigenvalue weighted by Gasteiger charge is 2.04. The topological polar surface area (TPSA) is 57.5 Å². The van der Waals surface area contributed by atoms with Crippen LogP contribution in [0.1, 0.15) is 71.1 Å². The van der Waals surface area contributed by atoms with Crippen LogP contribution in [0.2, 0.25) is 0 Å². The molecule has 0 saturated heterocycles. The minimum Gasteiger partial charge on any atom is -0.481 e. The third-order valence-corrected chi connectivity index (χ3v) is 2.99. The van der Waals surface area contributed by atoms with Crippen molar-refractivity contribution < 1.29 is 15.0 Å². The molecule has 0 radical (unpaired) electrons. The zero-order chi connectivity index (χ0) is 13.6. The van der Waals surface area contributed by atoms with Crippen molar-refractivity contribution in [2.45, 2.75) is 77.2 Å². The maximum atomic E-state index is 10.3. The van der Waals surface area contributed by atoms with E-state index in [1.165, 1.54) is 38.5 Å². The van der Waals surface area contributed by atoms with E-state index in [9.17, 15) is 9.90 Å². The van der Waals surface area contributed by atoms with Crippen LogP contribution in [-0.4, -0.2) is 22.3 Å². The fourth-order valence-corrected chi connectivity index (χ4v) is 1.82. The van der Waals surface area contributed by atoms with Crippen LogP contribution in [0, 0.1) is 0 Å². The van der Waals surface area contributed by atoms with Gasteiger partial charge in [-0.2, -0.15) is 0 Å². The zero-order valence-corrected chi connectivity index (χ0v) is 11.6. The van der Waals surface area contributed by atoms with Gasteiger partial charge in [-0.05, 0) is 25.7 Å². The summed E-state index contributed by atoms with van der Waals surface area (Å²) in [6.07, 6.45) is 13.4. The molecule has 0 rings (SSSR count). The van der Waals surface area contributed by atoms with Gasteiger partial charge >= 0.3 is 5.97 Å². The highest BCUT2D eigenvalue weighted by Crippen LogP contribution is 2.08. The van der Waals surface area contributed by atoms with E-state index in [0.29, 0.717) is 12.8 Å². The molecule has 0 aromatic rings. The van der Waals surface area contributed by atoms with E-state index in [-0.39, 0.29) is 6.42 Å². The lowest BCUT2D eigenvalue weighted by Gasteiger charge is -2.04. The van der Waals surface area contributed by atoms with Crippen molar-refractivity contribution in [1.29, 1.82) is 0 Å². The molecule has 1 atom stereocenters. The van der Waals surface area contributed by atoms with Gasteiger partial charge in [-0.15, -0.1) is 0 Å². The number of aliphatic hydroxyl groups excluding tert-OH is 1. The highest BCUT2D eigenvalue weighted by atomic mass is 16.4. The first kappa shape index (κ1) is 17.2. The number of aliphatic carboxylic acids is 1. The van der Waals surface area contributed by atoms with Crippen LogP contribution < -0.4 is 0 Å². The van der Waals surface area contributed by atoms with Gasteiger partial charge in [0.25, 0.3) is 0 Å². The van der Waals surface area contributed by atoms with Gasteiger partial charge in [0.2, 0.25) is 0 Å².